The lowest BCUT2D eigenvalue weighted by atomic mass is 9.57. The molecule has 140 valence electrons. The van der Waals surface area contributed by atoms with E-state index in [2.05, 4.69) is 53.4 Å². The Morgan fingerprint density at radius 3 is 2.75 bits per heavy atom. The maximum atomic E-state index is 5.88. The summed E-state index contributed by atoms with van der Waals surface area (Å²) in [6.07, 6.45) is 1.58. The SMILES string of the molecule is CN=C(NCC1CN(C)CCN1C)NC1C2CCOC2C1(C)C.I. The van der Waals surface area contributed by atoms with Crippen molar-refractivity contribution < 1.29 is 4.74 Å². The summed E-state index contributed by atoms with van der Waals surface area (Å²) in [5, 5.41) is 7.19. The Morgan fingerprint density at radius 1 is 1.29 bits per heavy atom. The summed E-state index contributed by atoms with van der Waals surface area (Å²) in [5.41, 5.74) is 0.181. The second-order valence-corrected chi connectivity index (χ2v) is 8.04. The molecule has 4 atom stereocenters. The monoisotopic (exact) mass is 451 g/mol. The van der Waals surface area contributed by atoms with Crippen LogP contribution in [-0.2, 0) is 4.74 Å². The van der Waals surface area contributed by atoms with Crippen molar-refractivity contribution in [3.05, 3.63) is 0 Å². The molecule has 0 aromatic carbocycles. The molecule has 1 saturated carbocycles. The smallest absolute Gasteiger partial charge is 0.191 e. The normalized spacial score (nSPS) is 36.5. The Labute approximate surface area is 163 Å². The largest absolute Gasteiger partial charge is 0.377 e. The molecule has 24 heavy (non-hydrogen) atoms. The minimum atomic E-state index is 0. The Morgan fingerprint density at radius 2 is 2.04 bits per heavy atom. The van der Waals surface area contributed by atoms with E-state index in [-0.39, 0.29) is 29.4 Å². The third kappa shape index (κ3) is 3.83. The first-order chi connectivity index (χ1) is 10.9. The highest BCUT2D eigenvalue weighted by molar-refractivity contribution is 14.0. The standard InChI is InChI=1S/C17H33N5O.HI/c1-17(2)14(13-6-9-23-15(13)17)20-16(18-3)19-10-12-11-21(4)7-8-22(12)5;/h12-15H,6-11H2,1-5H3,(H2,18,19,20);1H. The summed E-state index contributed by atoms with van der Waals surface area (Å²) in [5.74, 6) is 1.56. The molecule has 0 aromatic rings. The van der Waals surface area contributed by atoms with Gasteiger partial charge in [-0.25, -0.2) is 0 Å². The fourth-order valence-electron chi connectivity index (χ4n) is 4.50. The second kappa shape index (κ2) is 8.05. The second-order valence-electron chi connectivity index (χ2n) is 8.04. The van der Waals surface area contributed by atoms with Crippen molar-refractivity contribution in [3.8, 4) is 0 Å². The highest BCUT2D eigenvalue weighted by atomic mass is 127. The number of ether oxygens (including phenoxy) is 1. The molecule has 7 heteroatoms. The van der Waals surface area contributed by atoms with Crippen LogP contribution in [0, 0.1) is 11.3 Å². The van der Waals surface area contributed by atoms with Gasteiger partial charge in [0, 0.05) is 63.3 Å². The number of hydrogen-bond donors (Lipinski definition) is 2. The van der Waals surface area contributed by atoms with E-state index in [0.717, 1.165) is 38.7 Å². The number of fused-ring (bicyclic) bond motifs is 1. The fraction of sp³-hybridized carbons (Fsp3) is 0.941. The molecular formula is C17H34IN5O. The zero-order valence-electron chi connectivity index (χ0n) is 15.7. The van der Waals surface area contributed by atoms with Crippen LogP contribution in [-0.4, -0.2) is 87.9 Å². The zero-order valence-corrected chi connectivity index (χ0v) is 18.0. The number of hydrogen-bond acceptors (Lipinski definition) is 4. The molecule has 3 fully saturated rings. The lowest BCUT2D eigenvalue weighted by Crippen LogP contribution is -2.68. The van der Waals surface area contributed by atoms with Gasteiger partial charge in [-0.2, -0.15) is 0 Å². The van der Waals surface area contributed by atoms with E-state index in [9.17, 15) is 0 Å². The molecule has 0 spiro atoms. The molecule has 2 N–H and O–H groups in total. The maximum Gasteiger partial charge on any atom is 0.191 e. The van der Waals surface area contributed by atoms with Gasteiger partial charge < -0.3 is 20.3 Å². The average molecular weight is 451 g/mol. The van der Waals surface area contributed by atoms with Gasteiger partial charge in [-0.1, -0.05) is 13.8 Å². The topological polar surface area (TPSA) is 52.1 Å². The van der Waals surface area contributed by atoms with E-state index < -0.39 is 0 Å². The molecule has 2 aliphatic heterocycles. The summed E-state index contributed by atoms with van der Waals surface area (Å²) in [6, 6.07) is 0.984. The van der Waals surface area contributed by atoms with Gasteiger partial charge in [0.1, 0.15) is 0 Å². The van der Waals surface area contributed by atoms with Gasteiger partial charge in [0.15, 0.2) is 5.96 Å². The predicted molar refractivity (Wildman–Crippen MR) is 109 cm³/mol. The number of rotatable bonds is 3. The minimum Gasteiger partial charge on any atom is -0.377 e. The first kappa shape index (κ1) is 20.2. The number of halogens is 1. The molecule has 3 aliphatic rings. The van der Waals surface area contributed by atoms with Crippen LogP contribution in [0.2, 0.25) is 0 Å². The van der Waals surface area contributed by atoms with Crippen molar-refractivity contribution in [3.63, 3.8) is 0 Å². The van der Waals surface area contributed by atoms with Gasteiger partial charge >= 0.3 is 0 Å². The third-order valence-electron chi connectivity index (χ3n) is 6.10. The van der Waals surface area contributed by atoms with Gasteiger partial charge in [-0.05, 0) is 20.5 Å². The van der Waals surface area contributed by atoms with Crippen LogP contribution >= 0.6 is 24.0 Å². The molecular weight excluding hydrogens is 417 g/mol. The molecule has 0 bridgehead atoms. The molecule has 0 amide bonds. The van der Waals surface area contributed by atoms with Crippen LogP contribution in [0.4, 0.5) is 0 Å². The van der Waals surface area contributed by atoms with Crippen LogP contribution in [0.15, 0.2) is 4.99 Å². The van der Waals surface area contributed by atoms with E-state index in [1.807, 2.05) is 7.05 Å². The Hall–Kier alpha value is -0.120. The highest BCUT2D eigenvalue weighted by Gasteiger charge is 2.59. The van der Waals surface area contributed by atoms with Gasteiger partial charge in [0.05, 0.1) is 6.10 Å². The summed E-state index contributed by atoms with van der Waals surface area (Å²) in [7, 11) is 6.27. The maximum absolute atomic E-state index is 5.88. The molecule has 6 nitrogen and oxygen atoms in total. The molecule has 3 rings (SSSR count). The van der Waals surface area contributed by atoms with Crippen LogP contribution in [0.5, 0.6) is 0 Å². The molecule has 4 unspecified atom stereocenters. The summed E-state index contributed by atoms with van der Waals surface area (Å²) in [4.78, 5) is 9.28. The van der Waals surface area contributed by atoms with E-state index in [4.69, 9.17) is 4.74 Å². The quantitative estimate of drug-likeness (QED) is 0.378. The van der Waals surface area contributed by atoms with Crippen molar-refractivity contribution in [2.24, 2.45) is 16.3 Å². The Balaban J connectivity index is 0.00000208. The molecule has 0 aromatic heterocycles. The van der Waals surface area contributed by atoms with Gasteiger partial charge in [-0.15, -0.1) is 24.0 Å². The summed E-state index contributed by atoms with van der Waals surface area (Å²) in [6.45, 7) is 9.82. The number of aliphatic imine (C=N–C) groups is 1. The first-order valence-corrected chi connectivity index (χ1v) is 8.91. The number of likely N-dealkylation sites (N-methyl/N-ethyl adjacent to an activating group) is 2. The Bertz CT molecular complexity index is 458. The number of nitrogens with one attached hydrogen (secondary N) is 2. The van der Waals surface area contributed by atoms with E-state index in [1.54, 1.807) is 0 Å². The van der Waals surface area contributed by atoms with Crippen LogP contribution < -0.4 is 10.6 Å². The number of guanidine groups is 1. The fourth-order valence-corrected chi connectivity index (χ4v) is 4.50. The van der Waals surface area contributed by atoms with Gasteiger partial charge in [-0.3, -0.25) is 9.89 Å². The summed E-state index contributed by atoms with van der Waals surface area (Å²) < 4.78 is 5.88. The zero-order chi connectivity index (χ0) is 16.6. The van der Waals surface area contributed by atoms with Crippen LogP contribution in [0.3, 0.4) is 0 Å². The number of piperazine rings is 1. The van der Waals surface area contributed by atoms with E-state index >= 15 is 0 Å². The minimum absolute atomic E-state index is 0. The van der Waals surface area contributed by atoms with Crippen molar-refractivity contribution in [1.29, 1.82) is 0 Å². The molecule has 2 heterocycles. The van der Waals surface area contributed by atoms with Crippen molar-refractivity contribution in [2.75, 3.05) is 53.9 Å². The summed E-state index contributed by atoms with van der Waals surface area (Å²) >= 11 is 0. The lowest BCUT2D eigenvalue weighted by Gasteiger charge is -2.55. The first-order valence-electron chi connectivity index (χ1n) is 8.91. The van der Waals surface area contributed by atoms with E-state index in [0.29, 0.717) is 24.1 Å². The molecule has 1 aliphatic carbocycles. The van der Waals surface area contributed by atoms with E-state index in [1.165, 1.54) is 6.42 Å². The third-order valence-corrected chi connectivity index (χ3v) is 6.10. The van der Waals surface area contributed by atoms with Gasteiger partial charge in [0.2, 0.25) is 0 Å². The highest BCUT2D eigenvalue weighted by Crippen LogP contribution is 2.52. The van der Waals surface area contributed by atoms with Crippen LogP contribution in [0.25, 0.3) is 0 Å². The average Bonchev–Trinajstić information content (AvgIpc) is 2.97. The molecule has 2 saturated heterocycles. The predicted octanol–water partition coefficient (Wildman–Crippen LogP) is 0.829. The van der Waals surface area contributed by atoms with Crippen molar-refractivity contribution in [1.82, 2.24) is 20.4 Å². The Kier molecular flexibility index (Phi) is 6.78. The number of nitrogens with zero attached hydrogens (tertiary/aromatic N) is 3. The van der Waals surface area contributed by atoms with Crippen LogP contribution in [0.1, 0.15) is 20.3 Å². The molecule has 0 radical (unpaired) electrons. The lowest BCUT2D eigenvalue weighted by molar-refractivity contribution is -0.106. The van der Waals surface area contributed by atoms with Gasteiger partial charge in [0.25, 0.3) is 0 Å². The van der Waals surface area contributed by atoms with Crippen molar-refractivity contribution in [2.45, 2.75) is 38.5 Å². The van der Waals surface area contributed by atoms with Crippen molar-refractivity contribution >= 4 is 29.9 Å².